The molecule has 9 heteroatoms. The first-order valence-corrected chi connectivity index (χ1v) is 10.5. The lowest BCUT2D eigenvalue weighted by Crippen LogP contribution is -2.37. The molecule has 0 fully saturated rings. The van der Waals surface area contributed by atoms with Crippen LogP contribution in [-0.4, -0.2) is 40.8 Å². The van der Waals surface area contributed by atoms with Gasteiger partial charge in [0.2, 0.25) is 0 Å². The normalized spacial score (nSPS) is 13.1. The van der Waals surface area contributed by atoms with Crippen LogP contribution in [0.5, 0.6) is 11.5 Å². The van der Waals surface area contributed by atoms with Gasteiger partial charge in [0.15, 0.2) is 11.5 Å². The highest BCUT2D eigenvalue weighted by atomic mass is 35.5. The van der Waals surface area contributed by atoms with Crippen LogP contribution in [0.15, 0.2) is 41.3 Å². The van der Waals surface area contributed by atoms with E-state index in [0.717, 1.165) is 4.31 Å². The Labute approximate surface area is 168 Å². The van der Waals surface area contributed by atoms with Gasteiger partial charge >= 0.3 is 5.97 Å². The summed E-state index contributed by atoms with van der Waals surface area (Å²) in [7, 11) is -4.10. The van der Waals surface area contributed by atoms with E-state index in [1.165, 1.54) is 18.2 Å². The lowest BCUT2D eigenvalue weighted by Gasteiger charge is -2.26. The van der Waals surface area contributed by atoms with Gasteiger partial charge in [0.05, 0.1) is 17.2 Å². The number of nitrogens with zero attached hydrogens (tertiary/aromatic N) is 1. The van der Waals surface area contributed by atoms with Crippen molar-refractivity contribution in [2.45, 2.75) is 18.7 Å². The SMILES string of the molecule is CCOC(=O)CN(c1cccc(Cl)c1C)S(=O)(=O)c1ccc2c(c1)OCCO2. The van der Waals surface area contributed by atoms with Crippen molar-refractivity contribution in [2.24, 2.45) is 0 Å². The van der Waals surface area contributed by atoms with Gasteiger partial charge in [0.25, 0.3) is 10.0 Å². The number of halogens is 1. The summed E-state index contributed by atoms with van der Waals surface area (Å²) >= 11 is 6.17. The monoisotopic (exact) mass is 425 g/mol. The molecule has 7 nitrogen and oxygen atoms in total. The van der Waals surface area contributed by atoms with E-state index in [0.29, 0.717) is 41.0 Å². The highest BCUT2D eigenvalue weighted by molar-refractivity contribution is 7.92. The molecule has 0 saturated carbocycles. The van der Waals surface area contributed by atoms with Crippen molar-refractivity contribution in [3.05, 3.63) is 47.0 Å². The van der Waals surface area contributed by atoms with Gasteiger partial charge in [0.1, 0.15) is 19.8 Å². The predicted octanol–water partition coefficient (Wildman–Crippen LogP) is 3.18. The second-order valence-corrected chi connectivity index (χ2v) is 8.28. The molecule has 0 saturated heterocycles. The maximum absolute atomic E-state index is 13.4. The smallest absolute Gasteiger partial charge is 0.326 e. The molecule has 0 bridgehead atoms. The molecule has 3 rings (SSSR count). The quantitative estimate of drug-likeness (QED) is 0.661. The highest BCUT2D eigenvalue weighted by Gasteiger charge is 2.30. The summed E-state index contributed by atoms with van der Waals surface area (Å²) in [6, 6.07) is 9.22. The third-order valence-corrected chi connectivity index (χ3v) is 6.35. The van der Waals surface area contributed by atoms with Gasteiger partial charge in [-0.15, -0.1) is 0 Å². The standard InChI is InChI=1S/C19H20ClNO6S/c1-3-25-19(22)12-21(16-6-4-5-15(20)13(16)2)28(23,24)14-7-8-17-18(11-14)27-10-9-26-17/h4-8,11H,3,9-10,12H2,1-2H3. The molecule has 0 aliphatic carbocycles. The van der Waals surface area contributed by atoms with Crippen LogP contribution in [0, 0.1) is 6.92 Å². The number of anilines is 1. The second-order valence-electron chi connectivity index (χ2n) is 6.01. The van der Waals surface area contributed by atoms with E-state index in [9.17, 15) is 13.2 Å². The molecule has 0 amide bonds. The summed E-state index contributed by atoms with van der Waals surface area (Å²) in [5.74, 6) is 0.148. The average molecular weight is 426 g/mol. The Morgan fingerprint density at radius 3 is 2.61 bits per heavy atom. The van der Waals surface area contributed by atoms with Crippen molar-refractivity contribution in [3.63, 3.8) is 0 Å². The number of carbonyl (C=O) groups is 1. The van der Waals surface area contributed by atoms with Crippen LogP contribution in [0.2, 0.25) is 5.02 Å². The van der Waals surface area contributed by atoms with E-state index in [2.05, 4.69) is 0 Å². The molecule has 150 valence electrons. The minimum absolute atomic E-state index is 0.0274. The fourth-order valence-corrected chi connectivity index (χ4v) is 4.45. The maximum atomic E-state index is 13.4. The van der Waals surface area contributed by atoms with Crippen molar-refractivity contribution >= 4 is 33.3 Å². The first-order chi connectivity index (χ1) is 13.3. The number of carbonyl (C=O) groups excluding carboxylic acids is 1. The van der Waals surface area contributed by atoms with E-state index >= 15 is 0 Å². The summed E-state index contributed by atoms with van der Waals surface area (Å²) in [6.45, 7) is 3.74. The first-order valence-electron chi connectivity index (χ1n) is 8.67. The summed E-state index contributed by atoms with van der Waals surface area (Å²) in [4.78, 5) is 12.1. The predicted molar refractivity (Wildman–Crippen MR) is 105 cm³/mol. The van der Waals surface area contributed by atoms with E-state index in [1.54, 1.807) is 32.0 Å². The molecule has 0 atom stereocenters. The number of benzene rings is 2. The number of fused-ring (bicyclic) bond motifs is 1. The molecule has 1 aliphatic heterocycles. The Morgan fingerprint density at radius 1 is 1.18 bits per heavy atom. The topological polar surface area (TPSA) is 82.1 Å². The molecule has 0 aromatic heterocycles. The van der Waals surface area contributed by atoms with Crippen LogP contribution in [0.25, 0.3) is 0 Å². The van der Waals surface area contributed by atoms with Crippen LogP contribution in [0.1, 0.15) is 12.5 Å². The van der Waals surface area contributed by atoms with Gasteiger partial charge in [-0.3, -0.25) is 9.10 Å². The lowest BCUT2D eigenvalue weighted by molar-refractivity contribution is -0.141. The van der Waals surface area contributed by atoms with Crippen LogP contribution >= 0.6 is 11.6 Å². The van der Waals surface area contributed by atoms with E-state index < -0.39 is 22.5 Å². The number of hydrogen-bond donors (Lipinski definition) is 0. The van der Waals surface area contributed by atoms with E-state index in [4.69, 9.17) is 25.8 Å². The summed E-state index contributed by atoms with van der Waals surface area (Å²) in [5.41, 5.74) is 0.838. The molecule has 1 aliphatic rings. The minimum Gasteiger partial charge on any atom is -0.486 e. The molecular weight excluding hydrogens is 406 g/mol. The fraction of sp³-hybridized carbons (Fsp3) is 0.316. The van der Waals surface area contributed by atoms with Crippen LogP contribution in [0.4, 0.5) is 5.69 Å². The zero-order valence-corrected chi connectivity index (χ0v) is 17.0. The van der Waals surface area contributed by atoms with Gasteiger partial charge in [0, 0.05) is 11.1 Å². The zero-order valence-electron chi connectivity index (χ0n) is 15.5. The maximum Gasteiger partial charge on any atom is 0.326 e. The van der Waals surface area contributed by atoms with Gasteiger partial charge in [-0.25, -0.2) is 8.42 Å². The molecule has 2 aromatic rings. The third-order valence-electron chi connectivity index (χ3n) is 4.19. The molecule has 0 radical (unpaired) electrons. The van der Waals surface area contributed by atoms with E-state index in [1.807, 2.05) is 0 Å². The highest BCUT2D eigenvalue weighted by Crippen LogP contribution is 2.35. The Balaban J connectivity index is 2.08. The van der Waals surface area contributed by atoms with Gasteiger partial charge in [-0.05, 0) is 43.7 Å². The van der Waals surface area contributed by atoms with E-state index in [-0.39, 0.29) is 11.5 Å². The van der Waals surface area contributed by atoms with Crippen molar-refractivity contribution in [1.29, 1.82) is 0 Å². The van der Waals surface area contributed by atoms with Crippen molar-refractivity contribution in [1.82, 2.24) is 0 Å². The number of sulfonamides is 1. The number of hydrogen-bond acceptors (Lipinski definition) is 6. The fourth-order valence-electron chi connectivity index (χ4n) is 2.80. The average Bonchev–Trinajstić information content (AvgIpc) is 2.68. The molecule has 0 spiro atoms. The molecule has 2 aromatic carbocycles. The zero-order chi connectivity index (χ0) is 20.3. The lowest BCUT2D eigenvalue weighted by atomic mass is 10.2. The Kier molecular flexibility index (Phi) is 6.00. The largest absolute Gasteiger partial charge is 0.486 e. The molecule has 1 heterocycles. The molecular formula is C19H20ClNO6S. The number of esters is 1. The Morgan fingerprint density at radius 2 is 1.89 bits per heavy atom. The minimum atomic E-state index is -4.10. The Bertz CT molecular complexity index is 992. The van der Waals surface area contributed by atoms with Gasteiger partial charge in [-0.2, -0.15) is 0 Å². The Hall–Kier alpha value is -2.45. The second kappa shape index (κ2) is 8.28. The summed E-state index contributed by atoms with van der Waals surface area (Å²) in [5, 5.41) is 0.392. The van der Waals surface area contributed by atoms with Crippen molar-refractivity contribution in [3.8, 4) is 11.5 Å². The first kappa shape index (κ1) is 20.3. The summed E-state index contributed by atoms with van der Waals surface area (Å²) in [6.07, 6.45) is 0. The summed E-state index contributed by atoms with van der Waals surface area (Å²) < 4.78 is 43.7. The molecule has 0 N–H and O–H groups in total. The van der Waals surface area contributed by atoms with Crippen molar-refractivity contribution in [2.75, 3.05) is 30.7 Å². The van der Waals surface area contributed by atoms with Gasteiger partial charge < -0.3 is 14.2 Å². The number of rotatable bonds is 6. The number of ether oxygens (including phenoxy) is 3. The van der Waals surface area contributed by atoms with Crippen LogP contribution in [-0.2, 0) is 19.6 Å². The molecule has 28 heavy (non-hydrogen) atoms. The van der Waals surface area contributed by atoms with Crippen LogP contribution in [0.3, 0.4) is 0 Å². The third kappa shape index (κ3) is 4.02. The van der Waals surface area contributed by atoms with Crippen molar-refractivity contribution < 1.29 is 27.4 Å². The molecule has 0 unspecified atom stereocenters. The van der Waals surface area contributed by atoms with Gasteiger partial charge in [-0.1, -0.05) is 17.7 Å². The van der Waals surface area contributed by atoms with Crippen LogP contribution < -0.4 is 13.8 Å².